The second kappa shape index (κ2) is 8.71. The maximum absolute atomic E-state index is 12.3. The lowest BCUT2D eigenvalue weighted by atomic mass is 10.1. The minimum atomic E-state index is -0.556. The standard InChI is InChI=1S/C20H20N4O3S/c1-12-5-3-8-16(13(12)2)22-18(26)10-17-19(27)23-20(28-17)24-21-11-14-6-4-7-15(25)9-14/h3-9,11,17,25H,10H2,1-2H3,(H,22,26)(H,23,24,27). The molecule has 28 heavy (non-hydrogen) atoms. The predicted molar refractivity (Wildman–Crippen MR) is 112 cm³/mol. The van der Waals surface area contributed by atoms with Gasteiger partial charge in [0.15, 0.2) is 5.17 Å². The zero-order valence-electron chi connectivity index (χ0n) is 15.5. The van der Waals surface area contributed by atoms with Gasteiger partial charge in [0, 0.05) is 12.1 Å². The van der Waals surface area contributed by atoms with Gasteiger partial charge in [-0.2, -0.15) is 5.10 Å². The Morgan fingerprint density at radius 3 is 2.86 bits per heavy atom. The average Bonchev–Trinajstić information content (AvgIpc) is 2.98. The Balaban J connectivity index is 1.58. The lowest BCUT2D eigenvalue weighted by molar-refractivity contribution is -0.122. The van der Waals surface area contributed by atoms with E-state index in [1.54, 1.807) is 24.3 Å². The average molecular weight is 396 g/mol. The van der Waals surface area contributed by atoms with E-state index in [9.17, 15) is 14.7 Å². The van der Waals surface area contributed by atoms with Crippen LogP contribution in [0.15, 0.2) is 52.7 Å². The smallest absolute Gasteiger partial charge is 0.240 e. The molecule has 144 valence electrons. The number of nitrogens with zero attached hydrogens (tertiary/aromatic N) is 2. The molecule has 1 aliphatic rings. The van der Waals surface area contributed by atoms with E-state index in [1.807, 2.05) is 32.0 Å². The first-order valence-electron chi connectivity index (χ1n) is 8.66. The molecule has 1 fully saturated rings. The first kappa shape index (κ1) is 19.6. The highest BCUT2D eigenvalue weighted by Gasteiger charge is 2.32. The van der Waals surface area contributed by atoms with Crippen molar-refractivity contribution >= 4 is 40.6 Å². The van der Waals surface area contributed by atoms with Crippen LogP contribution in [0.5, 0.6) is 5.75 Å². The van der Waals surface area contributed by atoms with Gasteiger partial charge >= 0.3 is 0 Å². The van der Waals surface area contributed by atoms with Gasteiger partial charge in [-0.15, -0.1) is 5.10 Å². The normalized spacial score (nSPS) is 17.9. The molecule has 1 aliphatic heterocycles. The van der Waals surface area contributed by atoms with E-state index < -0.39 is 5.25 Å². The number of aromatic hydroxyl groups is 1. The van der Waals surface area contributed by atoms with E-state index in [-0.39, 0.29) is 24.0 Å². The highest BCUT2D eigenvalue weighted by molar-refractivity contribution is 8.15. The molecule has 0 aromatic heterocycles. The number of anilines is 1. The number of phenols is 1. The third-order valence-electron chi connectivity index (χ3n) is 4.25. The SMILES string of the molecule is Cc1cccc(NC(=O)CC2SC(=NN=Cc3cccc(O)c3)NC2=O)c1C. The summed E-state index contributed by atoms with van der Waals surface area (Å²) < 4.78 is 0. The minimum absolute atomic E-state index is 0.0408. The molecule has 0 saturated carbocycles. The molecule has 1 unspecified atom stereocenters. The van der Waals surface area contributed by atoms with Crippen molar-refractivity contribution in [3.63, 3.8) is 0 Å². The number of hydrogen-bond donors (Lipinski definition) is 3. The van der Waals surface area contributed by atoms with Crippen LogP contribution in [0, 0.1) is 13.8 Å². The van der Waals surface area contributed by atoms with E-state index in [1.165, 1.54) is 18.0 Å². The van der Waals surface area contributed by atoms with Crippen molar-refractivity contribution in [3.05, 3.63) is 59.2 Å². The molecule has 0 radical (unpaired) electrons. The van der Waals surface area contributed by atoms with Crippen molar-refractivity contribution in [2.45, 2.75) is 25.5 Å². The molecule has 7 nitrogen and oxygen atoms in total. The number of rotatable bonds is 5. The molecule has 0 bridgehead atoms. The lowest BCUT2D eigenvalue weighted by Crippen LogP contribution is -2.28. The summed E-state index contributed by atoms with van der Waals surface area (Å²) in [7, 11) is 0. The van der Waals surface area contributed by atoms with Gasteiger partial charge in [0.25, 0.3) is 0 Å². The molecule has 3 rings (SSSR count). The van der Waals surface area contributed by atoms with Crippen LogP contribution < -0.4 is 10.6 Å². The van der Waals surface area contributed by atoms with Crippen LogP contribution in [0.1, 0.15) is 23.1 Å². The van der Waals surface area contributed by atoms with Crippen LogP contribution in [-0.4, -0.2) is 33.6 Å². The first-order chi connectivity index (χ1) is 13.4. The predicted octanol–water partition coefficient (Wildman–Crippen LogP) is 2.96. The lowest BCUT2D eigenvalue weighted by Gasteiger charge is -2.11. The van der Waals surface area contributed by atoms with E-state index in [0.717, 1.165) is 16.8 Å². The highest BCUT2D eigenvalue weighted by atomic mass is 32.2. The molecule has 0 spiro atoms. The summed E-state index contributed by atoms with van der Waals surface area (Å²) in [5, 5.41) is 22.6. The van der Waals surface area contributed by atoms with Crippen molar-refractivity contribution in [3.8, 4) is 5.75 Å². The van der Waals surface area contributed by atoms with E-state index in [4.69, 9.17) is 0 Å². The van der Waals surface area contributed by atoms with Gasteiger partial charge in [0.2, 0.25) is 11.8 Å². The number of hydrogen-bond acceptors (Lipinski definition) is 6. The fraction of sp³-hybridized carbons (Fsp3) is 0.200. The number of aryl methyl sites for hydroxylation is 1. The van der Waals surface area contributed by atoms with Crippen molar-refractivity contribution in [1.29, 1.82) is 0 Å². The number of thioether (sulfide) groups is 1. The number of phenolic OH excluding ortho intramolecular Hbond substituents is 1. The van der Waals surface area contributed by atoms with Gasteiger partial charge in [-0.3, -0.25) is 9.59 Å². The topological polar surface area (TPSA) is 103 Å². The molecule has 0 aliphatic carbocycles. The van der Waals surface area contributed by atoms with Crippen molar-refractivity contribution in [1.82, 2.24) is 5.32 Å². The largest absolute Gasteiger partial charge is 0.508 e. The number of carbonyl (C=O) groups excluding carboxylic acids is 2. The van der Waals surface area contributed by atoms with E-state index in [2.05, 4.69) is 20.8 Å². The monoisotopic (exact) mass is 396 g/mol. The van der Waals surface area contributed by atoms with E-state index in [0.29, 0.717) is 10.7 Å². The Morgan fingerprint density at radius 2 is 2.07 bits per heavy atom. The molecule has 1 heterocycles. The van der Waals surface area contributed by atoms with Gasteiger partial charge in [0.1, 0.15) is 11.0 Å². The maximum Gasteiger partial charge on any atom is 0.240 e. The van der Waals surface area contributed by atoms with Crippen LogP contribution >= 0.6 is 11.8 Å². The van der Waals surface area contributed by atoms with Crippen molar-refractivity contribution < 1.29 is 14.7 Å². The maximum atomic E-state index is 12.3. The van der Waals surface area contributed by atoms with Gasteiger partial charge in [-0.1, -0.05) is 36.0 Å². The quantitative estimate of drug-likeness (QED) is 0.534. The number of nitrogens with one attached hydrogen (secondary N) is 2. The fourth-order valence-electron chi connectivity index (χ4n) is 2.60. The van der Waals surface area contributed by atoms with Crippen LogP contribution in [0.2, 0.25) is 0 Å². The molecule has 2 aromatic rings. The second-order valence-corrected chi connectivity index (χ2v) is 7.53. The van der Waals surface area contributed by atoms with Crippen molar-refractivity contribution in [2.75, 3.05) is 5.32 Å². The molecule has 1 saturated heterocycles. The minimum Gasteiger partial charge on any atom is -0.508 e. The van der Waals surface area contributed by atoms with Crippen molar-refractivity contribution in [2.24, 2.45) is 10.2 Å². The van der Waals surface area contributed by atoms with Crippen LogP contribution in [-0.2, 0) is 9.59 Å². The number of benzene rings is 2. The Morgan fingerprint density at radius 1 is 1.29 bits per heavy atom. The molecule has 1 atom stereocenters. The Hall–Kier alpha value is -3.13. The van der Waals surface area contributed by atoms with Crippen LogP contribution in [0.25, 0.3) is 0 Å². The third-order valence-corrected chi connectivity index (χ3v) is 5.32. The Kier molecular flexibility index (Phi) is 6.10. The summed E-state index contributed by atoms with van der Waals surface area (Å²) >= 11 is 1.17. The summed E-state index contributed by atoms with van der Waals surface area (Å²) in [5.41, 5.74) is 3.52. The van der Waals surface area contributed by atoms with Gasteiger partial charge in [-0.25, -0.2) is 0 Å². The summed E-state index contributed by atoms with van der Waals surface area (Å²) in [4.78, 5) is 24.4. The summed E-state index contributed by atoms with van der Waals surface area (Å²) in [6, 6.07) is 12.3. The fourth-order valence-corrected chi connectivity index (χ4v) is 3.52. The molecule has 2 aromatic carbocycles. The zero-order chi connectivity index (χ0) is 20.1. The van der Waals surface area contributed by atoms with Gasteiger partial charge in [-0.05, 0) is 48.7 Å². The third kappa shape index (κ3) is 4.98. The number of amides is 2. The van der Waals surface area contributed by atoms with Gasteiger partial charge < -0.3 is 15.7 Å². The zero-order valence-corrected chi connectivity index (χ0v) is 16.3. The van der Waals surface area contributed by atoms with Crippen LogP contribution in [0.3, 0.4) is 0 Å². The first-order valence-corrected chi connectivity index (χ1v) is 9.54. The molecular formula is C20H20N4O3S. The molecule has 8 heteroatoms. The van der Waals surface area contributed by atoms with Gasteiger partial charge in [0.05, 0.1) is 6.21 Å². The van der Waals surface area contributed by atoms with E-state index >= 15 is 0 Å². The number of carbonyl (C=O) groups is 2. The number of amidine groups is 1. The molecule has 2 amide bonds. The second-order valence-electron chi connectivity index (χ2n) is 6.34. The summed E-state index contributed by atoms with van der Waals surface area (Å²) in [5.74, 6) is -0.367. The summed E-state index contributed by atoms with van der Waals surface area (Å²) in [6.07, 6.45) is 1.51. The van der Waals surface area contributed by atoms with Crippen LogP contribution in [0.4, 0.5) is 5.69 Å². The summed E-state index contributed by atoms with van der Waals surface area (Å²) in [6.45, 7) is 3.92. The Labute approximate surface area is 167 Å². The molecule has 3 N–H and O–H groups in total. The molecular weight excluding hydrogens is 376 g/mol. The Bertz CT molecular complexity index is 972. The highest BCUT2D eigenvalue weighted by Crippen LogP contribution is 2.24.